The lowest BCUT2D eigenvalue weighted by Gasteiger charge is -2.22. The zero-order chi connectivity index (χ0) is 22.4. The summed E-state index contributed by atoms with van der Waals surface area (Å²) in [6.45, 7) is 0.0803. The second kappa shape index (κ2) is 9.69. The number of methoxy groups -OCH3 is 1. The molecule has 162 valence electrons. The number of nitrogens with one attached hydrogen (secondary N) is 1. The van der Waals surface area contributed by atoms with Gasteiger partial charge in [0.05, 0.1) is 12.0 Å². The van der Waals surface area contributed by atoms with Gasteiger partial charge in [-0.1, -0.05) is 12.1 Å². The van der Waals surface area contributed by atoms with Crippen LogP contribution < -0.4 is 15.8 Å². The van der Waals surface area contributed by atoms with Crippen LogP contribution in [0.3, 0.4) is 0 Å². The Balaban J connectivity index is 1.65. The summed E-state index contributed by atoms with van der Waals surface area (Å²) in [6, 6.07) is 15.8. The van der Waals surface area contributed by atoms with Crippen molar-refractivity contribution in [3.63, 3.8) is 0 Å². The highest BCUT2D eigenvalue weighted by Gasteiger charge is 2.23. The monoisotopic (exact) mass is 440 g/mol. The fraction of sp³-hybridized carbons (Fsp3) is 0.182. The predicted octanol–water partition coefficient (Wildman–Crippen LogP) is 2.66. The lowest BCUT2D eigenvalue weighted by molar-refractivity contribution is 0.102. The number of carbonyl (C=O) groups is 1. The van der Waals surface area contributed by atoms with Crippen molar-refractivity contribution in [1.29, 1.82) is 0 Å². The zero-order valence-electron chi connectivity index (χ0n) is 17.2. The first-order chi connectivity index (χ1) is 14.8. The molecule has 3 aromatic rings. The van der Waals surface area contributed by atoms with E-state index in [9.17, 15) is 13.2 Å². The van der Waals surface area contributed by atoms with Crippen molar-refractivity contribution in [1.82, 2.24) is 9.29 Å². The van der Waals surface area contributed by atoms with Gasteiger partial charge in [0.15, 0.2) is 0 Å². The summed E-state index contributed by atoms with van der Waals surface area (Å²) in [6.07, 6.45) is 3.18. The van der Waals surface area contributed by atoms with Crippen molar-refractivity contribution in [2.75, 3.05) is 26.0 Å². The highest BCUT2D eigenvalue weighted by molar-refractivity contribution is 7.89. The summed E-state index contributed by atoms with van der Waals surface area (Å²) < 4.78 is 31.9. The number of nitrogens with zero attached hydrogens (tertiary/aromatic N) is 2. The molecule has 1 atom stereocenters. The Morgan fingerprint density at radius 2 is 1.68 bits per heavy atom. The van der Waals surface area contributed by atoms with E-state index in [1.807, 2.05) is 0 Å². The molecule has 3 N–H and O–H groups in total. The number of aromatic nitrogens is 1. The second-order valence-corrected chi connectivity index (χ2v) is 8.92. The molecule has 0 bridgehead atoms. The highest BCUT2D eigenvalue weighted by atomic mass is 32.2. The predicted molar refractivity (Wildman–Crippen MR) is 118 cm³/mol. The maximum absolute atomic E-state index is 12.8. The summed E-state index contributed by atoms with van der Waals surface area (Å²) in [5.41, 5.74) is 8.06. The molecule has 1 aromatic heterocycles. The number of hydrogen-bond acceptors (Lipinski definition) is 6. The van der Waals surface area contributed by atoms with Crippen LogP contribution in [0.25, 0.3) is 0 Å². The van der Waals surface area contributed by atoms with Gasteiger partial charge in [0.2, 0.25) is 10.0 Å². The Kier molecular flexibility index (Phi) is 7.01. The minimum Gasteiger partial charge on any atom is -0.497 e. The van der Waals surface area contributed by atoms with E-state index in [4.69, 9.17) is 10.5 Å². The molecule has 0 aliphatic rings. The van der Waals surface area contributed by atoms with Crippen LogP contribution in [0.5, 0.6) is 5.75 Å². The number of nitrogens with two attached hydrogens (primary N) is 1. The molecule has 0 aliphatic carbocycles. The first-order valence-electron chi connectivity index (χ1n) is 9.48. The van der Waals surface area contributed by atoms with Crippen LogP contribution in [0, 0.1) is 0 Å². The van der Waals surface area contributed by atoms with Crippen LogP contribution in [0.4, 0.5) is 5.69 Å². The van der Waals surface area contributed by atoms with Gasteiger partial charge in [-0.15, -0.1) is 0 Å². The molecule has 0 fully saturated rings. The largest absolute Gasteiger partial charge is 0.497 e. The Hall–Kier alpha value is -3.27. The lowest BCUT2D eigenvalue weighted by Crippen LogP contribution is -2.34. The number of rotatable bonds is 8. The SMILES string of the molecule is COc1ccc(S(=O)(=O)N(C)C[C@@H](N)c2ccc(C(=O)Nc3ccncc3)cc2)cc1. The first-order valence-corrected chi connectivity index (χ1v) is 10.9. The van der Waals surface area contributed by atoms with Crippen LogP contribution in [0.2, 0.25) is 0 Å². The summed E-state index contributed by atoms with van der Waals surface area (Å²) >= 11 is 0. The smallest absolute Gasteiger partial charge is 0.255 e. The Bertz CT molecular complexity index is 1120. The van der Waals surface area contributed by atoms with Gasteiger partial charge in [-0.05, 0) is 54.1 Å². The van der Waals surface area contributed by atoms with Crippen molar-refractivity contribution >= 4 is 21.6 Å². The Morgan fingerprint density at radius 1 is 1.06 bits per heavy atom. The van der Waals surface area contributed by atoms with E-state index < -0.39 is 16.1 Å². The van der Waals surface area contributed by atoms with Crippen molar-refractivity contribution < 1.29 is 17.9 Å². The van der Waals surface area contributed by atoms with Crippen LogP contribution in [0.1, 0.15) is 22.0 Å². The molecule has 0 radical (unpaired) electrons. The van der Waals surface area contributed by atoms with Gasteiger partial charge in [-0.25, -0.2) is 8.42 Å². The number of benzene rings is 2. The number of ether oxygens (including phenoxy) is 1. The second-order valence-electron chi connectivity index (χ2n) is 6.88. The maximum atomic E-state index is 12.8. The quantitative estimate of drug-likeness (QED) is 0.557. The van der Waals surface area contributed by atoms with E-state index in [0.717, 1.165) is 5.56 Å². The molecule has 31 heavy (non-hydrogen) atoms. The topological polar surface area (TPSA) is 115 Å². The molecule has 0 saturated heterocycles. The molecule has 0 aliphatic heterocycles. The van der Waals surface area contributed by atoms with Gasteiger partial charge < -0.3 is 15.8 Å². The van der Waals surface area contributed by atoms with Gasteiger partial charge >= 0.3 is 0 Å². The summed E-state index contributed by atoms with van der Waals surface area (Å²) in [4.78, 5) is 16.4. The van der Waals surface area contributed by atoms with E-state index in [0.29, 0.717) is 17.0 Å². The number of likely N-dealkylation sites (N-methyl/N-ethyl adjacent to an activating group) is 1. The van der Waals surface area contributed by atoms with Gasteiger partial charge in [-0.3, -0.25) is 9.78 Å². The Labute approximate surface area is 181 Å². The Morgan fingerprint density at radius 3 is 2.26 bits per heavy atom. The molecule has 0 unspecified atom stereocenters. The minimum atomic E-state index is -3.69. The fourth-order valence-corrected chi connectivity index (χ4v) is 4.13. The van der Waals surface area contributed by atoms with Gasteiger partial charge in [0.1, 0.15) is 5.75 Å². The number of carbonyl (C=O) groups excluding carboxylic acids is 1. The number of amides is 1. The van der Waals surface area contributed by atoms with E-state index >= 15 is 0 Å². The fourth-order valence-electron chi connectivity index (χ4n) is 2.93. The average molecular weight is 441 g/mol. The standard InChI is InChI=1S/C22H24N4O4S/c1-26(31(28,29)20-9-7-19(30-2)8-10-20)15-21(23)16-3-5-17(6-4-16)22(27)25-18-11-13-24-14-12-18/h3-14,21H,15,23H2,1-2H3,(H,24,25,27)/t21-/m1/s1. The van der Waals surface area contributed by atoms with Gasteiger partial charge in [0, 0.05) is 43.3 Å². The van der Waals surface area contributed by atoms with E-state index in [1.165, 1.54) is 30.6 Å². The molecule has 2 aromatic carbocycles. The third kappa shape index (κ3) is 5.46. The van der Waals surface area contributed by atoms with Crippen molar-refractivity contribution in [3.8, 4) is 5.75 Å². The van der Waals surface area contributed by atoms with Crippen LogP contribution in [0.15, 0.2) is 78.0 Å². The summed E-state index contributed by atoms with van der Waals surface area (Å²) in [5, 5.41) is 2.78. The molecule has 9 heteroatoms. The maximum Gasteiger partial charge on any atom is 0.255 e. The molecule has 0 spiro atoms. The minimum absolute atomic E-state index is 0.0803. The van der Waals surface area contributed by atoms with Crippen molar-refractivity contribution in [2.45, 2.75) is 10.9 Å². The molecular formula is C22H24N4O4S. The molecule has 0 saturated carbocycles. The van der Waals surface area contributed by atoms with Crippen molar-refractivity contribution in [3.05, 3.63) is 84.2 Å². The average Bonchev–Trinajstić information content (AvgIpc) is 2.79. The van der Waals surface area contributed by atoms with E-state index in [-0.39, 0.29) is 17.3 Å². The molecule has 1 amide bonds. The third-order valence-corrected chi connectivity index (χ3v) is 6.60. The number of hydrogen-bond donors (Lipinski definition) is 2. The van der Waals surface area contributed by atoms with E-state index in [1.54, 1.807) is 60.9 Å². The summed E-state index contributed by atoms with van der Waals surface area (Å²) in [5.74, 6) is 0.317. The van der Waals surface area contributed by atoms with Crippen LogP contribution in [-0.2, 0) is 10.0 Å². The molecule has 1 heterocycles. The van der Waals surface area contributed by atoms with Crippen molar-refractivity contribution in [2.24, 2.45) is 5.73 Å². The molecule has 3 rings (SSSR count). The van der Waals surface area contributed by atoms with Gasteiger partial charge in [0.25, 0.3) is 5.91 Å². The zero-order valence-corrected chi connectivity index (χ0v) is 18.0. The highest BCUT2D eigenvalue weighted by Crippen LogP contribution is 2.21. The normalized spacial score (nSPS) is 12.4. The third-order valence-electron chi connectivity index (χ3n) is 4.76. The van der Waals surface area contributed by atoms with Crippen LogP contribution in [-0.4, -0.2) is 44.3 Å². The number of sulfonamides is 1. The summed E-state index contributed by atoms with van der Waals surface area (Å²) in [7, 11) is -0.696. The van der Waals surface area contributed by atoms with Crippen LogP contribution >= 0.6 is 0 Å². The number of anilines is 1. The molecular weight excluding hydrogens is 416 g/mol. The lowest BCUT2D eigenvalue weighted by atomic mass is 10.1. The number of pyridine rings is 1. The molecule has 8 nitrogen and oxygen atoms in total. The van der Waals surface area contributed by atoms with Gasteiger partial charge in [-0.2, -0.15) is 4.31 Å². The van der Waals surface area contributed by atoms with E-state index in [2.05, 4.69) is 10.3 Å². The first kappa shape index (κ1) is 22.4.